The fraction of sp³-hybridized carbons (Fsp3) is 0.417. The van der Waals surface area contributed by atoms with Crippen LogP contribution in [0.3, 0.4) is 0 Å². The average molecular weight is 378 g/mol. The van der Waals surface area contributed by atoms with Crippen molar-refractivity contribution in [2.24, 2.45) is 4.99 Å². The number of hydrogen-bond acceptors (Lipinski definition) is 3. The Kier molecular flexibility index (Phi) is 4.21. The van der Waals surface area contributed by atoms with Gasteiger partial charge >= 0.3 is 0 Å². The van der Waals surface area contributed by atoms with Gasteiger partial charge in [0.2, 0.25) is 0 Å². The zero-order valence-corrected chi connectivity index (χ0v) is 13.7. The monoisotopic (exact) mass is 376 g/mol. The van der Waals surface area contributed by atoms with Gasteiger partial charge in [0.25, 0.3) is 0 Å². The topological polar surface area (TPSA) is 24.4 Å². The number of thioether (sulfide) groups is 1. The molecule has 0 amide bonds. The molecule has 0 unspecified atom stereocenters. The minimum absolute atomic E-state index is 0.0477. The molecular weight excluding hydrogens is 364 g/mol. The molecule has 1 aliphatic heterocycles. The summed E-state index contributed by atoms with van der Waals surface area (Å²) in [6.45, 7) is 4.34. The molecule has 0 saturated heterocycles. The van der Waals surface area contributed by atoms with Crippen molar-refractivity contribution in [3.8, 4) is 0 Å². The number of hydrogen-bond donors (Lipinski definition) is 1. The van der Waals surface area contributed by atoms with Gasteiger partial charge < -0.3 is 5.32 Å². The van der Waals surface area contributed by atoms with Crippen molar-refractivity contribution in [1.82, 2.24) is 0 Å². The Morgan fingerprint density at radius 3 is 2.82 bits per heavy atom. The molecule has 1 N–H and O–H groups in total. The third-order valence-electron chi connectivity index (χ3n) is 2.53. The van der Waals surface area contributed by atoms with E-state index < -0.39 is 0 Å². The second-order valence-electron chi connectivity index (χ2n) is 4.58. The molecule has 0 fully saturated rings. The van der Waals surface area contributed by atoms with E-state index in [1.807, 2.05) is 12.1 Å². The predicted octanol–water partition coefficient (Wildman–Crippen LogP) is 4.90. The molecule has 1 aromatic carbocycles. The van der Waals surface area contributed by atoms with Gasteiger partial charge in [-0.25, -0.2) is 0 Å². The predicted molar refractivity (Wildman–Crippen MR) is 84.1 cm³/mol. The summed E-state index contributed by atoms with van der Waals surface area (Å²) < 4.78 is 2.11. The number of anilines is 1. The number of nitrogens with one attached hydrogen (secondary N) is 1. The van der Waals surface area contributed by atoms with Gasteiger partial charge in [-0.2, -0.15) is 0 Å². The summed E-state index contributed by atoms with van der Waals surface area (Å²) in [4.78, 5) is 4.71. The molecule has 92 valence electrons. The lowest BCUT2D eigenvalue weighted by atomic mass is 10.0. The number of nitrogens with zero attached hydrogens (tertiary/aromatic N) is 1. The summed E-state index contributed by atoms with van der Waals surface area (Å²) in [6, 6.07) is 6.08. The smallest absolute Gasteiger partial charge is 0.161 e. The fourth-order valence-electron chi connectivity index (χ4n) is 1.53. The zero-order chi connectivity index (χ0) is 12.5. The number of rotatable bonds is 1. The van der Waals surface area contributed by atoms with Gasteiger partial charge in [-0.05, 0) is 54.4 Å². The lowest BCUT2D eigenvalue weighted by Gasteiger charge is -2.26. The molecule has 0 radical (unpaired) electrons. The van der Waals surface area contributed by atoms with Gasteiger partial charge in [-0.1, -0.05) is 27.7 Å². The molecule has 0 aromatic heterocycles. The standard InChI is InChI=1S/C12H14Br2N2S/c1-12(2)5-6-17-11(16-12)15-10-7-8(13)3-4-9(10)14/h3-4,7H,5-6H2,1-2H3,(H,15,16). The molecule has 0 spiro atoms. The van der Waals surface area contributed by atoms with E-state index in [0.717, 1.165) is 32.0 Å². The van der Waals surface area contributed by atoms with Crippen LogP contribution in [-0.4, -0.2) is 16.5 Å². The van der Waals surface area contributed by atoms with Gasteiger partial charge in [0.15, 0.2) is 5.17 Å². The highest BCUT2D eigenvalue weighted by molar-refractivity contribution is 9.11. The minimum atomic E-state index is 0.0477. The van der Waals surface area contributed by atoms with Gasteiger partial charge in [0.05, 0.1) is 11.2 Å². The van der Waals surface area contributed by atoms with E-state index in [-0.39, 0.29) is 5.54 Å². The van der Waals surface area contributed by atoms with Gasteiger partial charge in [-0.15, -0.1) is 0 Å². The van der Waals surface area contributed by atoms with E-state index in [9.17, 15) is 0 Å². The molecule has 0 aliphatic carbocycles. The Hall–Kier alpha value is -0.000000000000000111. The van der Waals surface area contributed by atoms with Gasteiger partial charge in [-0.3, -0.25) is 4.99 Å². The highest BCUT2D eigenvalue weighted by Gasteiger charge is 2.22. The zero-order valence-electron chi connectivity index (χ0n) is 9.76. The summed E-state index contributed by atoms with van der Waals surface area (Å²) >= 11 is 8.79. The maximum atomic E-state index is 4.71. The Bertz CT molecular complexity index is 458. The first-order chi connectivity index (χ1) is 7.96. The molecular formula is C12H14Br2N2S. The van der Waals surface area contributed by atoms with Crippen LogP contribution in [0.1, 0.15) is 20.3 Å². The highest BCUT2D eigenvalue weighted by Crippen LogP contribution is 2.30. The van der Waals surface area contributed by atoms with Crippen LogP contribution in [0, 0.1) is 0 Å². The molecule has 0 atom stereocenters. The average Bonchev–Trinajstić information content (AvgIpc) is 2.22. The van der Waals surface area contributed by atoms with Crippen molar-refractivity contribution in [3.63, 3.8) is 0 Å². The molecule has 1 aromatic rings. The fourth-order valence-corrected chi connectivity index (χ4v) is 3.53. The van der Waals surface area contributed by atoms with Crippen LogP contribution in [0.5, 0.6) is 0 Å². The van der Waals surface area contributed by atoms with E-state index >= 15 is 0 Å². The maximum Gasteiger partial charge on any atom is 0.161 e. The maximum absolute atomic E-state index is 4.71. The number of benzene rings is 1. The molecule has 2 nitrogen and oxygen atoms in total. The third-order valence-corrected chi connectivity index (χ3v) is 4.59. The lowest BCUT2D eigenvalue weighted by Crippen LogP contribution is -2.27. The van der Waals surface area contributed by atoms with E-state index in [1.54, 1.807) is 11.8 Å². The first kappa shape index (κ1) is 13.4. The molecule has 1 aliphatic rings. The van der Waals surface area contributed by atoms with Crippen molar-refractivity contribution < 1.29 is 0 Å². The first-order valence-electron chi connectivity index (χ1n) is 5.41. The van der Waals surface area contributed by atoms with E-state index in [2.05, 4.69) is 57.1 Å². The second kappa shape index (κ2) is 5.33. The van der Waals surface area contributed by atoms with Crippen molar-refractivity contribution in [2.45, 2.75) is 25.8 Å². The first-order valence-corrected chi connectivity index (χ1v) is 7.98. The molecule has 2 rings (SSSR count). The van der Waals surface area contributed by atoms with Crippen LogP contribution in [0.2, 0.25) is 0 Å². The van der Waals surface area contributed by atoms with Crippen LogP contribution < -0.4 is 5.32 Å². The summed E-state index contributed by atoms with van der Waals surface area (Å²) in [6.07, 6.45) is 1.13. The van der Waals surface area contributed by atoms with Crippen molar-refractivity contribution in [2.75, 3.05) is 11.1 Å². The van der Waals surface area contributed by atoms with Gasteiger partial charge in [0, 0.05) is 14.7 Å². The third kappa shape index (κ3) is 3.73. The second-order valence-corrected chi connectivity index (χ2v) is 7.43. The Balaban J connectivity index is 2.21. The number of halogens is 2. The molecule has 5 heteroatoms. The summed E-state index contributed by atoms with van der Waals surface area (Å²) in [5, 5.41) is 4.38. The van der Waals surface area contributed by atoms with Crippen LogP contribution in [0.25, 0.3) is 0 Å². The minimum Gasteiger partial charge on any atom is -0.334 e. The van der Waals surface area contributed by atoms with E-state index in [0.29, 0.717) is 0 Å². The Morgan fingerprint density at radius 2 is 2.12 bits per heavy atom. The van der Waals surface area contributed by atoms with Crippen LogP contribution in [0.4, 0.5) is 5.69 Å². The summed E-state index contributed by atoms with van der Waals surface area (Å²) in [5.74, 6) is 1.12. The lowest BCUT2D eigenvalue weighted by molar-refractivity contribution is 0.507. The Morgan fingerprint density at radius 1 is 1.35 bits per heavy atom. The molecule has 0 bridgehead atoms. The quantitative estimate of drug-likeness (QED) is 0.752. The normalized spacial score (nSPS) is 18.7. The summed E-state index contributed by atoms with van der Waals surface area (Å²) in [5.41, 5.74) is 1.09. The largest absolute Gasteiger partial charge is 0.334 e. The number of amidine groups is 1. The van der Waals surface area contributed by atoms with Crippen LogP contribution in [0.15, 0.2) is 32.1 Å². The highest BCUT2D eigenvalue weighted by atomic mass is 79.9. The van der Waals surface area contributed by atoms with E-state index in [1.165, 1.54) is 0 Å². The SMILES string of the molecule is CC1(C)CCSC(Nc2cc(Br)ccc2Br)=N1. The Labute approximate surface area is 123 Å². The van der Waals surface area contributed by atoms with Crippen LogP contribution in [-0.2, 0) is 0 Å². The van der Waals surface area contributed by atoms with Crippen molar-refractivity contribution in [3.05, 3.63) is 27.1 Å². The molecule has 1 heterocycles. The number of aliphatic imine (C=N–C) groups is 1. The summed E-state index contributed by atoms with van der Waals surface area (Å²) in [7, 11) is 0. The van der Waals surface area contributed by atoms with Gasteiger partial charge in [0.1, 0.15) is 0 Å². The van der Waals surface area contributed by atoms with Crippen molar-refractivity contribution in [1.29, 1.82) is 0 Å². The molecule has 0 saturated carbocycles. The van der Waals surface area contributed by atoms with Crippen molar-refractivity contribution >= 4 is 54.5 Å². The molecule has 17 heavy (non-hydrogen) atoms. The van der Waals surface area contributed by atoms with E-state index in [4.69, 9.17) is 4.99 Å². The van der Waals surface area contributed by atoms with Crippen LogP contribution >= 0.6 is 43.6 Å².